The molecule has 198 valence electrons. The second kappa shape index (κ2) is 11.6. The number of benzene rings is 4. The maximum absolute atomic E-state index is 14.9. The zero-order valence-electron chi connectivity index (χ0n) is 21.6. The van der Waals surface area contributed by atoms with Gasteiger partial charge in [-0.3, -0.25) is 4.79 Å². The van der Waals surface area contributed by atoms with E-state index in [2.05, 4.69) is 15.3 Å². The van der Waals surface area contributed by atoms with Crippen LogP contribution in [-0.2, 0) is 6.61 Å². The zero-order chi connectivity index (χ0) is 28.1. The van der Waals surface area contributed by atoms with E-state index in [9.17, 15) is 14.3 Å². The summed E-state index contributed by atoms with van der Waals surface area (Å²) in [6, 6.07) is 29.1. The van der Waals surface area contributed by atoms with Crippen LogP contribution in [0.4, 0.5) is 15.8 Å². The van der Waals surface area contributed by atoms with E-state index < -0.39 is 17.8 Å². The Labute approximate surface area is 230 Å². The van der Waals surface area contributed by atoms with Crippen LogP contribution < -0.4 is 10.1 Å². The van der Waals surface area contributed by atoms with E-state index in [1.807, 2.05) is 36.4 Å². The second-order valence-corrected chi connectivity index (χ2v) is 9.12. The number of amides is 1. The summed E-state index contributed by atoms with van der Waals surface area (Å²) in [5.41, 5.74) is 3.46. The molecule has 5 rings (SSSR count). The Kier molecular flexibility index (Phi) is 7.67. The molecule has 0 spiro atoms. The number of para-hydroxylation sites is 1. The molecule has 0 fully saturated rings. The molecule has 1 amide bonds. The fourth-order valence-electron chi connectivity index (χ4n) is 4.30. The standard InChI is InChI=1S/C32H25FN4O3/c1-21-17-29(37(36-21)25-12-8-11-24(19-25)34-2)32(39)35-28-18-23(15-16-27(28)33)31(38)26-13-6-7-14-30(26)40-20-22-9-4-3-5-10-22/h3-19,31,38H,20H2,1H3,(H,35,39). The van der Waals surface area contributed by atoms with Gasteiger partial charge in [-0.1, -0.05) is 66.7 Å². The number of anilines is 1. The van der Waals surface area contributed by atoms with Crippen LogP contribution in [-0.4, -0.2) is 20.8 Å². The Bertz CT molecular complexity index is 1710. The number of aryl methyl sites for hydroxylation is 1. The van der Waals surface area contributed by atoms with E-state index >= 15 is 0 Å². The van der Waals surface area contributed by atoms with Crippen molar-refractivity contribution in [2.75, 3.05) is 5.32 Å². The maximum atomic E-state index is 14.9. The average Bonchev–Trinajstić information content (AvgIpc) is 3.39. The van der Waals surface area contributed by atoms with Crippen molar-refractivity contribution in [2.45, 2.75) is 19.6 Å². The monoisotopic (exact) mass is 532 g/mol. The molecule has 8 heteroatoms. The smallest absolute Gasteiger partial charge is 0.274 e. The summed E-state index contributed by atoms with van der Waals surface area (Å²) >= 11 is 0. The summed E-state index contributed by atoms with van der Waals surface area (Å²) < 4.78 is 22.2. The highest BCUT2D eigenvalue weighted by molar-refractivity contribution is 6.03. The number of aliphatic hydroxyl groups excluding tert-OH is 1. The summed E-state index contributed by atoms with van der Waals surface area (Å²) in [4.78, 5) is 16.7. The summed E-state index contributed by atoms with van der Waals surface area (Å²) in [6.07, 6.45) is -1.13. The molecule has 5 aromatic rings. The van der Waals surface area contributed by atoms with Gasteiger partial charge in [0.05, 0.1) is 23.6 Å². The lowest BCUT2D eigenvalue weighted by molar-refractivity contribution is 0.101. The molecule has 1 unspecified atom stereocenters. The Balaban J connectivity index is 1.39. The van der Waals surface area contributed by atoms with Gasteiger partial charge in [0.15, 0.2) is 5.69 Å². The fourth-order valence-corrected chi connectivity index (χ4v) is 4.30. The first-order valence-corrected chi connectivity index (χ1v) is 12.5. The molecule has 1 aromatic heterocycles. The molecule has 0 radical (unpaired) electrons. The third-order valence-electron chi connectivity index (χ3n) is 6.27. The fraction of sp³-hybridized carbons (Fsp3) is 0.0938. The van der Waals surface area contributed by atoms with Gasteiger partial charge in [-0.25, -0.2) is 13.9 Å². The Morgan fingerprint density at radius 3 is 2.60 bits per heavy atom. The lowest BCUT2D eigenvalue weighted by Gasteiger charge is -2.18. The van der Waals surface area contributed by atoms with Crippen molar-refractivity contribution in [3.05, 3.63) is 148 Å². The van der Waals surface area contributed by atoms with E-state index in [-0.39, 0.29) is 11.4 Å². The molecule has 1 heterocycles. The molecule has 0 aliphatic heterocycles. The molecule has 0 aliphatic carbocycles. The summed E-state index contributed by atoms with van der Waals surface area (Å²) in [7, 11) is 0. The van der Waals surface area contributed by atoms with Crippen molar-refractivity contribution in [1.29, 1.82) is 0 Å². The van der Waals surface area contributed by atoms with E-state index in [1.54, 1.807) is 55.5 Å². The molecule has 0 bridgehead atoms. The first-order chi connectivity index (χ1) is 19.4. The number of aromatic nitrogens is 2. The SMILES string of the molecule is [C-]#[N+]c1cccc(-n2nc(C)cc2C(=O)Nc2cc(C(O)c3ccccc3OCc3ccccc3)ccc2F)c1. The van der Waals surface area contributed by atoms with Gasteiger partial charge in [0.25, 0.3) is 5.91 Å². The third kappa shape index (κ3) is 5.75. The molecule has 1 atom stereocenters. The first kappa shape index (κ1) is 26.4. The minimum absolute atomic E-state index is 0.0930. The van der Waals surface area contributed by atoms with E-state index in [1.165, 1.54) is 22.9 Å². The van der Waals surface area contributed by atoms with Crippen molar-refractivity contribution >= 4 is 17.3 Å². The molecular formula is C32H25FN4O3. The molecule has 0 saturated carbocycles. The van der Waals surface area contributed by atoms with E-state index in [0.717, 1.165) is 5.56 Å². The lowest BCUT2D eigenvalue weighted by atomic mass is 10.00. The number of carbonyl (C=O) groups excluding carboxylic acids is 1. The van der Waals surface area contributed by atoms with E-state index in [0.29, 0.717) is 40.6 Å². The number of aliphatic hydroxyl groups is 1. The Morgan fingerprint density at radius 1 is 1.02 bits per heavy atom. The molecule has 7 nitrogen and oxygen atoms in total. The summed E-state index contributed by atoms with van der Waals surface area (Å²) in [5, 5.41) is 18.2. The number of hydrogen-bond donors (Lipinski definition) is 2. The van der Waals surface area contributed by atoms with Crippen LogP contribution in [0, 0.1) is 19.3 Å². The molecule has 4 aromatic carbocycles. The number of halogens is 1. The third-order valence-corrected chi connectivity index (χ3v) is 6.27. The van der Waals surface area contributed by atoms with Crippen molar-refractivity contribution < 1.29 is 19.0 Å². The van der Waals surface area contributed by atoms with E-state index in [4.69, 9.17) is 11.3 Å². The van der Waals surface area contributed by atoms with Crippen molar-refractivity contribution in [1.82, 2.24) is 9.78 Å². The summed E-state index contributed by atoms with van der Waals surface area (Å²) in [6.45, 7) is 9.31. The highest BCUT2D eigenvalue weighted by atomic mass is 19.1. The van der Waals surface area contributed by atoms with Gasteiger partial charge in [0, 0.05) is 5.56 Å². The number of hydrogen-bond acceptors (Lipinski definition) is 4. The predicted molar refractivity (Wildman–Crippen MR) is 150 cm³/mol. The van der Waals surface area contributed by atoms with Crippen LogP contribution in [0.1, 0.15) is 39.0 Å². The van der Waals surface area contributed by atoms with Gasteiger partial charge in [0.1, 0.15) is 30.0 Å². The first-order valence-electron chi connectivity index (χ1n) is 12.5. The van der Waals surface area contributed by atoms with Crippen molar-refractivity contribution in [3.63, 3.8) is 0 Å². The number of nitrogens with one attached hydrogen (secondary N) is 1. The normalized spacial score (nSPS) is 11.4. The predicted octanol–water partition coefficient (Wildman–Crippen LogP) is 6.78. The van der Waals surface area contributed by atoms with Gasteiger partial charge in [-0.15, -0.1) is 0 Å². The highest BCUT2D eigenvalue weighted by Gasteiger charge is 2.20. The average molecular weight is 533 g/mol. The minimum atomic E-state index is -1.13. The molecule has 2 N–H and O–H groups in total. The minimum Gasteiger partial charge on any atom is -0.489 e. The number of ether oxygens (including phenoxy) is 1. The maximum Gasteiger partial charge on any atom is 0.274 e. The quantitative estimate of drug-likeness (QED) is 0.216. The molecule has 0 aliphatic rings. The van der Waals surface area contributed by atoms with Gasteiger partial charge >= 0.3 is 0 Å². The largest absolute Gasteiger partial charge is 0.489 e. The van der Waals surface area contributed by atoms with Crippen molar-refractivity contribution in [3.8, 4) is 11.4 Å². The van der Waals surface area contributed by atoms with Gasteiger partial charge < -0.3 is 15.2 Å². The number of nitrogens with zero attached hydrogens (tertiary/aromatic N) is 3. The summed E-state index contributed by atoms with van der Waals surface area (Å²) in [5.74, 6) is -0.753. The van der Waals surface area contributed by atoms with Crippen LogP contribution in [0.3, 0.4) is 0 Å². The van der Waals surface area contributed by atoms with Crippen LogP contribution in [0.5, 0.6) is 5.75 Å². The highest BCUT2D eigenvalue weighted by Crippen LogP contribution is 2.32. The number of carbonyl (C=O) groups is 1. The second-order valence-electron chi connectivity index (χ2n) is 9.12. The zero-order valence-corrected chi connectivity index (χ0v) is 21.6. The molecule has 0 saturated heterocycles. The lowest BCUT2D eigenvalue weighted by Crippen LogP contribution is -2.18. The van der Waals surface area contributed by atoms with Crippen LogP contribution in [0.2, 0.25) is 0 Å². The molecule has 40 heavy (non-hydrogen) atoms. The van der Waals surface area contributed by atoms with Crippen LogP contribution in [0.25, 0.3) is 10.5 Å². The van der Waals surface area contributed by atoms with Crippen LogP contribution in [0.15, 0.2) is 103 Å². The molecular weight excluding hydrogens is 507 g/mol. The van der Waals surface area contributed by atoms with Gasteiger partial charge in [0.2, 0.25) is 0 Å². The van der Waals surface area contributed by atoms with Crippen molar-refractivity contribution in [2.24, 2.45) is 0 Å². The van der Waals surface area contributed by atoms with Gasteiger partial charge in [-0.2, -0.15) is 5.10 Å². The Morgan fingerprint density at radius 2 is 1.80 bits per heavy atom. The van der Waals surface area contributed by atoms with Crippen LogP contribution >= 0.6 is 0 Å². The van der Waals surface area contributed by atoms with Gasteiger partial charge in [-0.05, 0) is 54.4 Å². The Hall–Kier alpha value is -5.26. The topological polar surface area (TPSA) is 80.7 Å². The number of rotatable bonds is 8.